The van der Waals surface area contributed by atoms with Gasteiger partial charge in [0.15, 0.2) is 27.8 Å². The van der Waals surface area contributed by atoms with Crippen LogP contribution in [0.15, 0.2) is 152 Å². The van der Waals surface area contributed by atoms with Crippen LogP contribution in [0.4, 0.5) is 17.6 Å². The summed E-state index contributed by atoms with van der Waals surface area (Å²) in [7, 11) is -1.19. The van der Waals surface area contributed by atoms with Crippen LogP contribution >= 0.6 is 0 Å². The standard InChI is InChI=1S/C63H74N6O6Si2/c1-61(2,3)76(9,10)73-41-54-53(75-77(11,12)62(4,5)6)39-55(74-54)69-57-56(65-60(69)64-48-31-36-52-44(38-48)37-43-23-19-20-26-51(43)52)58(72-40-42-21-15-13-16-22-42)67-59(66-57)68-63(45-24-17-14-18-25-45,46-27-32-49(70-7)33-28-46)47-29-34-50(71-8)35-30-47/h13-36,38,53-55H,37,39-41H2,1-12H3,(H,64,65)(H,66,67,68)/t53-,54+,55+/m0/s1. The largest absolute Gasteiger partial charge is 0.497 e. The SMILES string of the molecule is COc1ccc(C(Nc2nc(OCc3ccccc3)c3nc(Nc4ccc5c(c4)Cc4ccccc4-5)n([C@H]4C[C@H](O[Si](C)(C)C(C)(C)C)[C@@H](CO[Si](C)(C)C(C)(C)C)O4)c3n2)(c2ccccc2)c2ccc(OC)cc2)cc1. The molecule has 2 N–H and O–H groups in total. The molecule has 12 nitrogen and oxygen atoms in total. The predicted octanol–water partition coefficient (Wildman–Crippen LogP) is 14.8. The lowest BCUT2D eigenvalue weighted by atomic mass is 9.77. The fourth-order valence-corrected chi connectivity index (χ4v) is 12.4. The fourth-order valence-electron chi connectivity index (χ4n) is 9.99. The van der Waals surface area contributed by atoms with Crippen LogP contribution in [-0.2, 0) is 32.2 Å². The number of anilines is 3. The minimum absolute atomic E-state index is 0.00125. The Kier molecular flexibility index (Phi) is 14.7. The summed E-state index contributed by atoms with van der Waals surface area (Å²) in [5.74, 6) is 2.62. The van der Waals surface area contributed by atoms with Crippen molar-refractivity contribution in [2.24, 2.45) is 0 Å². The van der Waals surface area contributed by atoms with Gasteiger partial charge in [-0.25, -0.2) is 4.98 Å². The molecule has 0 saturated carbocycles. The second-order valence-corrected chi connectivity index (χ2v) is 33.1. The summed E-state index contributed by atoms with van der Waals surface area (Å²) >= 11 is 0. The molecule has 0 radical (unpaired) electrons. The number of aromatic nitrogens is 4. The van der Waals surface area contributed by atoms with Gasteiger partial charge in [0.05, 0.1) is 26.9 Å². The number of rotatable bonds is 18. The van der Waals surface area contributed by atoms with Crippen LogP contribution in [0, 0.1) is 0 Å². The zero-order valence-corrected chi connectivity index (χ0v) is 48.7. The molecule has 0 bridgehead atoms. The maximum Gasteiger partial charge on any atom is 0.247 e. The summed E-state index contributed by atoms with van der Waals surface area (Å²) in [6.07, 6.45) is 0.122. The van der Waals surface area contributed by atoms with E-state index in [2.05, 4.69) is 162 Å². The second-order valence-electron chi connectivity index (χ2n) is 23.5. The van der Waals surface area contributed by atoms with Gasteiger partial charge >= 0.3 is 0 Å². The molecule has 3 heterocycles. The molecule has 2 aromatic heterocycles. The Morgan fingerprint density at radius 2 is 1.22 bits per heavy atom. The number of imidazole rings is 1. The number of ether oxygens (including phenoxy) is 4. The van der Waals surface area contributed by atoms with Crippen molar-refractivity contribution < 1.29 is 27.8 Å². The zero-order chi connectivity index (χ0) is 54.3. The molecular weight excluding hydrogens is 993 g/mol. The third-order valence-electron chi connectivity index (χ3n) is 16.5. The summed E-state index contributed by atoms with van der Waals surface area (Å²) in [5, 5.41) is 7.70. The van der Waals surface area contributed by atoms with Crippen LogP contribution in [0.5, 0.6) is 17.4 Å². The number of benzene rings is 6. The molecule has 77 heavy (non-hydrogen) atoms. The van der Waals surface area contributed by atoms with Gasteiger partial charge in [0.1, 0.15) is 36.0 Å². The molecule has 1 aliphatic heterocycles. The van der Waals surface area contributed by atoms with Crippen molar-refractivity contribution in [3.63, 3.8) is 0 Å². The first-order valence-corrected chi connectivity index (χ1v) is 32.6. The van der Waals surface area contributed by atoms with E-state index in [-0.39, 0.29) is 28.9 Å². The lowest BCUT2D eigenvalue weighted by molar-refractivity contribution is -0.0376. The van der Waals surface area contributed by atoms with Crippen molar-refractivity contribution in [1.29, 1.82) is 0 Å². The molecule has 400 valence electrons. The van der Waals surface area contributed by atoms with Crippen LogP contribution in [-0.4, -0.2) is 69.2 Å². The van der Waals surface area contributed by atoms with E-state index in [4.69, 9.17) is 42.8 Å². The number of nitrogens with one attached hydrogen (secondary N) is 2. The molecule has 1 fully saturated rings. The Hall–Kier alpha value is -6.82. The summed E-state index contributed by atoms with van der Waals surface area (Å²) in [5.41, 5.74) is 9.68. The minimum atomic E-state index is -2.34. The van der Waals surface area contributed by atoms with Gasteiger partial charge in [-0.2, -0.15) is 9.97 Å². The van der Waals surface area contributed by atoms with Crippen molar-refractivity contribution in [2.45, 2.75) is 121 Å². The van der Waals surface area contributed by atoms with Gasteiger partial charge in [0.25, 0.3) is 0 Å². The number of methoxy groups -OCH3 is 2. The molecule has 2 aliphatic rings. The fraction of sp³-hybridized carbons (Fsp3) is 0.349. The van der Waals surface area contributed by atoms with Gasteiger partial charge in [0, 0.05) is 12.1 Å². The highest BCUT2D eigenvalue weighted by atomic mass is 28.4. The first kappa shape index (κ1) is 53.6. The normalized spacial score (nSPS) is 16.8. The first-order valence-electron chi connectivity index (χ1n) is 26.8. The van der Waals surface area contributed by atoms with Gasteiger partial charge in [-0.15, -0.1) is 0 Å². The monoisotopic (exact) mass is 1070 g/mol. The summed E-state index contributed by atoms with van der Waals surface area (Å²) in [4.78, 5) is 16.3. The third kappa shape index (κ3) is 10.8. The average molecular weight is 1070 g/mol. The van der Waals surface area contributed by atoms with Gasteiger partial charge in [-0.1, -0.05) is 157 Å². The van der Waals surface area contributed by atoms with E-state index in [1.807, 2.05) is 72.8 Å². The van der Waals surface area contributed by atoms with Crippen molar-refractivity contribution in [2.75, 3.05) is 31.5 Å². The van der Waals surface area contributed by atoms with Gasteiger partial charge in [-0.3, -0.25) is 4.57 Å². The molecule has 8 aromatic rings. The molecule has 3 atom stereocenters. The van der Waals surface area contributed by atoms with Crippen LogP contribution in [0.2, 0.25) is 36.3 Å². The van der Waals surface area contributed by atoms with Gasteiger partial charge < -0.3 is 38.4 Å². The summed E-state index contributed by atoms with van der Waals surface area (Å²) in [6, 6.07) is 51.9. The Bertz CT molecular complexity index is 3290. The van der Waals surface area contributed by atoms with E-state index in [0.717, 1.165) is 45.9 Å². The van der Waals surface area contributed by atoms with Crippen molar-refractivity contribution in [1.82, 2.24) is 19.5 Å². The number of hydrogen-bond donors (Lipinski definition) is 2. The Morgan fingerprint density at radius 3 is 1.84 bits per heavy atom. The van der Waals surface area contributed by atoms with Crippen molar-refractivity contribution in [3.05, 3.63) is 185 Å². The minimum Gasteiger partial charge on any atom is -0.497 e. The van der Waals surface area contributed by atoms with Gasteiger partial charge in [-0.05, 0) is 124 Å². The quantitative estimate of drug-likeness (QED) is 0.0631. The highest BCUT2D eigenvalue weighted by Gasteiger charge is 2.48. The molecule has 14 heteroatoms. The van der Waals surface area contributed by atoms with Crippen LogP contribution in [0.3, 0.4) is 0 Å². The highest BCUT2D eigenvalue weighted by molar-refractivity contribution is 6.74. The third-order valence-corrected chi connectivity index (χ3v) is 25.5. The molecule has 6 aromatic carbocycles. The molecule has 1 aliphatic carbocycles. The molecule has 0 unspecified atom stereocenters. The zero-order valence-electron chi connectivity index (χ0n) is 46.7. The van der Waals surface area contributed by atoms with E-state index in [1.54, 1.807) is 14.2 Å². The van der Waals surface area contributed by atoms with Crippen LogP contribution in [0.1, 0.15) is 87.6 Å². The molecule has 0 amide bonds. The Morgan fingerprint density at radius 1 is 0.636 bits per heavy atom. The van der Waals surface area contributed by atoms with E-state index >= 15 is 0 Å². The lowest BCUT2D eigenvalue weighted by Gasteiger charge is -2.40. The molecule has 1 saturated heterocycles. The number of nitrogens with zero attached hydrogens (tertiary/aromatic N) is 4. The maximum atomic E-state index is 7.39. The number of fused-ring (bicyclic) bond motifs is 4. The Labute approximate surface area is 456 Å². The van der Waals surface area contributed by atoms with Gasteiger partial charge in [0.2, 0.25) is 17.8 Å². The lowest BCUT2D eigenvalue weighted by Crippen LogP contribution is -2.48. The van der Waals surface area contributed by atoms with Crippen molar-refractivity contribution >= 4 is 45.4 Å². The summed E-state index contributed by atoms with van der Waals surface area (Å²) < 4.78 is 42.2. The highest BCUT2D eigenvalue weighted by Crippen LogP contribution is 2.47. The smallest absolute Gasteiger partial charge is 0.247 e. The predicted molar refractivity (Wildman–Crippen MR) is 314 cm³/mol. The van der Waals surface area contributed by atoms with E-state index in [1.165, 1.54) is 22.3 Å². The van der Waals surface area contributed by atoms with Crippen LogP contribution in [0.25, 0.3) is 22.3 Å². The second kappa shape index (κ2) is 21.2. The average Bonchev–Trinajstić information content (AvgIpc) is 4.16. The van der Waals surface area contributed by atoms with E-state index in [9.17, 15) is 0 Å². The van der Waals surface area contributed by atoms with Crippen LogP contribution < -0.4 is 24.8 Å². The summed E-state index contributed by atoms with van der Waals surface area (Å²) in [6.45, 7) is 23.5. The molecule has 0 spiro atoms. The maximum absolute atomic E-state index is 7.39. The molecule has 10 rings (SSSR count). The first-order chi connectivity index (χ1) is 36.8. The molecular formula is C63H74N6O6Si2. The van der Waals surface area contributed by atoms with Crippen molar-refractivity contribution in [3.8, 4) is 28.5 Å². The Balaban J connectivity index is 1.18. The number of hydrogen-bond acceptors (Lipinski definition) is 11. The van der Waals surface area contributed by atoms with E-state index in [0.29, 0.717) is 42.0 Å². The topological polar surface area (TPSA) is 123 Å². The van der Waals surface area contributed by atoms with E-state index < -0.39 is 28.4 Å².